The van der Waals surface area contributed by atoms with Gasteiger partial charge in [0.05, 0.1) is 16.3 Å². The fourth-order valence-corrected chi connectivity index (χ4v) is 2.55. The number of rotatable bonds is 6. The van der Waals surface area contributed by atoms with E-state index >= 15 is 0 Å². The van der Waals surface area contributed by atoms with Crippen molar-refractivity contribution in [3.05, 3.63) is 28.8 Å². The zero-order chi connectivity index (χ0) is 16.3. The number of para-hydroxylation sites is 1. The lowest BCUT2D eigenvalue weighted by atomic mass is 10.1. The zero-order valence-electron chi connectivity index (χ0n) is 14.1. The molecular formula is C17H29ClN2O. The van der Waals surface area contributed by atoms with E-state index < -0.39 is 5.60 Å². The van der Waals surface area contributed by atoms with Crippen molar-refractivity contribution in [3.8, 4) is 0 Å². The summed E-state index contributed by atoms with van der Waals surface area (Å²) in [5, 5.41) is 14.4. The molecule has 4 heteroatoms. The van der Waals surface area contributed by atoms with E-state index in [2.05, 4.69) is 44.0 Å². The van der Waals surface area contributed by atoms with Crippen molar-refractivity contribution < 1.29 is 5.11 Å². The number of nitrogens with one attached hydrogen (secondary N) is 1. The van der Waals surface area contributed by atoms with Crippen molar-refractivity contribution in [1.82, 2.24) is 5.32 Å². The third-order valence-electron chi connectivity index (χ3n) is 3.16. The second-order valence-corrected chi connectivity index (χ2v) is 7.58. The molecular weight excluding hydrogens is 284 g/mol. The highest BCUT2D eigenvalue weighted by atomic mass is 35.5. The number of nitrogens with zero attached hydrogens (tertiary/aromatic N) is 1. The fourth-order valence-electron chi connectivity index (χ4n) is 2.23. The molecule has 0 amide bonds. The van der Waals surface area contributed by atoms with Gasteiger partial charge in [0.15, 0.2) is 0 Å². The molecule has 0 aliphatic heterocycles. The molecule has 21 heavy (non-hydrogen) atoms. The van der Waals surface area contributed by atoms with Crippen molar-refractivity contribution in [3.63, 3.8) is 0 Å². The summed E-state index contributed by atoms with van der Waals surface area (Å²) < 4.78 is 0. The summed E-state index contributed by atoms with van der Waals surface area (Å²) in [5.41, 5.74) is 1.46. The van der Waals surface area contributed by atoms with E-state index in [-0.39, 0.29) is 5.54 Å². The van der Waals surface area contributed by atoms with E-state index in [1.54, 1.807) is 0 Å². The van der Waals surface area contributed by atoms with Crippen LogP contribution in [0.3, 0.4) is 0 Å². The summed E-state index contributed by atoms with van der Waals surface area (Å²) in [5.74, 6) is 0. The van der Waals surface area contributed by atoms with Gasteiger partial charge in [0.1, 0.15) is 0 Å². The van der Waals surface area contributed by atoms with Crippen molar-refractivity contribution >= 4 is 17.3 Å². The summed E-state index contributed by atoms with van der Waals surface area (Å²) in [4.78, 5) is 2.14. The van der Waals surface area contributed by atoms with E-state index in [4.69, 9.17) is 11.6 Å². The molecule has 0 aliphatic rings. The van der Waals surface area contributed by atoms with Gasteiger partial charge in [-0.1, -0.05) is 23.7 Å². The fraction of sp³-hybridized carbons (Fsp3) is 0.647. The Morgan fingerprint density at radius 3 is 2.29 bits per heavy atom. The minimum absolute atomic E-state index is 0.0485. The molecule has 0 bridgehead atoms. The van der Waals surface area contributed by atoms with Crippen LogP contribution in [0.4, 0.5) is 5.69 Å². The van der Waals surface area contributed by atoms with Crippen LogP contribution in [0.5, 0.6) is 0 Å². The predicted octanol–water partition coefficient (Wildman–Crippen LogP) is 3.83. The Morgan fingerprint density at radius 1 is 1.19 bits per heavy atom. The first-order valence-electron chi connectivity index (χ1n) is 7.53. The second-order valence-electron chi connectivity index (χ2n) is 7.18. The van der Waals surface area contributed by atoms with Gasteiger partial charge in [-0.15, -0.1) is 0 Å². The topological polar surface area (TPSA) is 35.5 Å². The van der Waals surface area contributed by atoms with Crippen LogP contribution in [-0.2, 0) is 6.54 Å². The molecule has 0 heterocycles. The molecule has 0 aromatic heterocycles. The molecule has 0 spiro atoms. The normalized spacial score (nSPS) is 12.6. The van der Waals surface area contributed by atoms with Gasteiger partial charge < -0.3 is 15.3 Å². The number of halogens is 1. The highest BCUT2D eigenvalue weighted by molar-refractivity contribution is 6.33. The third kappa shape index (κ3) is 6.25. The van der Waals surface area contributed by atoms with E-state index in [0.29, 0.717) is 6.54 Å². The number of hydrogen-bond acceptors (Lipinski definition) is 3. The van der Waals surface area contributed by atoms with Crippen molar-refractivity contribution in [1.29, 1.82) is 0 Å². The van der Waals surface area contributed by atoms with E-state index in [1.165, 1.54) is 0 Å². The van der Waals surface area contributed by atoms with Gasteiger partial charge in [-0.3, -0.25) is 0 Å². The first-order chi connectivity index (χ1) is 9.53. The molecule has 0 fully saturated rings. The molecule has 1 aromatic carbocycles. The largest absolute Gasteiger partial charge is 0.389 e. The zero-order valence-corrected chi connectivity index (χ0v) is 14.9. The second kappa shape index (κ2) is 6.99. The van der Waals surface area contributed by atoms with Crippen LogP contribution >= 0.6 is 11.6 Å². The monoisotopic (exact) mass is 312 g/mol. The van der Waals surface area contributed by atoms with Gasteiger partial charge in [0, 0.05) is 25.2 Å². The Kier molecular flexibility index (Phi) is 6.09. The van der Waals surface area contributed by atoms with E-state index in [9.17, 15) is 5.11 Å². The standard InChI is InChI=1S/C17H29ClN2O/c1-7-20(12-17(5,6)21)15-13(9-8-10-14(15)18)11-19-16(2,3)4/h8-10,19,21H,7,11-12H2,1-6H3. The first-order valence-corrected chi connectivity index (χ1v) is 7.91. The Balaban J connectivity index is 3.08. The predicted molar refractivity (Wildman–Crippen MR) is 92.2 cm³/mol. The highest BCUT2D eigenvalue weighted by Crippen LogP contribution is 2.31. The summed E-state index contributed by atoms with van der Waals surface area (Å²) in [6, 6.07) is 5.97. The van der Waals surface area contributed by atoms with Crippen LogP contribution < -0.4 is 10.2 Å². The minimum Gasteiger partial charge on any atom is -0.389 e. The van der Waals surface area contributed by atoms with Crippen LogP contribution in [0.1, 0.15) is 47.1 Å². The van der Waals surface area contributed by atoms with E-state index in [1.807, 2.05) is 26.0 Å². The summed E-state index contributed by atoms with van der Waals surface area (Å²) in [7, 11) is 0. The lowest BCUT2D eigenvalue weighted by Crippen LogP contribution is -2.40. The van der Waals surface area contributed by atoms with Gasteiger partial charge in [0.25, 0.3) is 0 Å². The molecule has 2 N–H and O–H groups in total. The minimum atomic E-state index is -0.760. The number of likely N-dealkylation sites (N-methyl/N-ethyl adjacent to an activating group) is 1. The number of aliphatic hydroxyl groups is 1. The number of anilines is 1. The molecule has 0 aliphatic carbocycles. The molecule has 0 saturated carbocycles. The van der Waals surface area contributed by atoms with Gasteiger partial charge in [-0.05, 0) is 53.2 Å². The average Bonchev–Trinajstić information content (AvgIpc) is 2.32. The van der Waals surface area contributed by atoms with Crippen LogP contribution in [0, 0.1) is 0 Å². The Hall–Kier alpha value is -0.770. The summed E-state index contributed by atoms with van der Waals surface area (Å²) in [6.07, 6.45) is 0. The lowest BCUT2D eigenvalue weighted by Gasteiger charge is -2.33. The highest BCUT2D eigenvalue weighted by Gasteiger charge is 2.22. The number of benzene rings is 1. The van der Waals surface area contributed by atoms with Gasteiger partial charge in [0.2, 0.25) is 0 Å². The van der Waals surface area contributed by atoms with Gasteiger partial charge in [-0.25, -0.2) is 0 Å². The van der Waals surface area contributed by atoms with E-state index in [0.717, 1.165) is 29.4 Å². The Labute approximate surface area is 134 Å². The van der Waals surface area contributed by atoms with Crippen LogP contribution in [0.2, 0.25) is 5.02 Å². The lowest BCUT2D eigenvalue weighted by molar-refractivity contribution is 0.0875. The maximum absolute atomic E-state index is 10.1. The summed E-state index contributed by atoms with van der Waals surface area (Å²) in [6.45, 7) is 14.3. The van der Waals surface area contributed by atoms with Gasteiger partial charge >= 0.3 is 0 Å². The molecule has 0 radical (unpaired) electrons. The molecule has 0 atom stereocenters. The Morgan fingerprint density at radius 2 is 1.81 bits per heavy atom. The van der Waals surface area contributed by atoms with Gasteiger partial charge in [-0.2, -0.15) is 0 Å². The smallest absolute Gasteiger partial charge is 0.0765 e. The van der Waals surface area contributed by atoms with Crippen LogP contribution in [0.25, 0.3) is 0 Å². The molecule has 1 rings (SSSR count). The maximum Gasteiger partial charge on any atom is 0.0765 e. The SMILES string of the molecule is CCN(CC(C)(C)O)c1c(Cl)cccc1CNC(C)(C)C. The Bertz CT molecular complexity index is 461. The van der Waals surface area contributed by atoms with Crippen molar-refractivity contribution in [2.24, 2.45) is 0 Å². The number of hydrogen-bond donors (Lipinski definition) is 2. The summed E-state index contributed by atoms with van der Waals surface area (Å²) >= 11 is 6.43. The third-order valence-corrected chi connectivity index (χ3v) is 3.46. The van der Waals surface area contributed by atoms with Crippen LogP contribution in [-0.4, -0.2) is 29.3 Å². The molecule has 3 nitrogen and oxygen atoms in total. The molecule has 0 saturated heterocycles. The maximum atomic E-state index is 10.1. The molecule has 0 unspecified atom stereocenters. The van der Waals surface area contributed by atoms with Crippen molar-refractivity contribution in [2.75, 3.05) is 18.0 Å². The quantitative estimate of drug-likeness (QED) is 0.838. The molecule has 120 valence electrons. The average molecular weight is 313 g/mol. The van der Waals surface area contributed by atoms with Crippen LogP contribution in [0.15, 0.2) is 18.2 Å². The van der Waals surface area contributed by atoms with Crippen molar-refractivity contribution in [2.45, 2.75) is 59.2 Å². The first kappa shape index (κ1) is 18.3. The molecule has 1 aromatic rings.